The highest BCUT2D eigenvalue weighted by Gasteiger charge is 2.16. The van der Waals surface area contributed by atoms with Crippen LogP contribution < -0.4 is 14.8 Å². The number of benzene rings is 1. The quantitative estimate of drug-likeness (QED) is 0.358. The second-order valence-electron chi connectivity index (χ2n) is 6.36. The van der Waals surface area contributed by atoms with Crippen LogP contribution >= 0.6 is 0 Å². The van der Waals surface area contributed by atoms with Crippen LogP contribution in [0.1, 0.15) is 31.1 Å². The zero-order valence-electron chi connectivity index (χ0n) is 14.9. The third-order valence-electron chi connectivity index (χ3n) is 3.04. The first-order valence-corrected chi connectivity index (χ1v) is 8.00. The standard InChI is InChI=1S/C18H21NO7/c1-18(2,3)26-17(22)19-8-9-23-16(21)7-5-13(20)12-4-6-14-15(10-12)25-11-24-14/h4-7,10H,8-9,11H2,1-3H3,(H,19,22)/b7-5+. The number of carbonyl (C=O) groups excluding carboxylic acids is 3. The average Bonchev–Trinajstić information content (AvgIpc) is 3.02. The van der Waals surface area contributed by atoms with Gasteiger partial charge >= 0.3 is 12.1 Å². The zero-order chi connectivity index (χ0) is 19.2. The van der Waals surface area contributed by atoms with Crippen LogP contribution in [-0.2, 0) is 14.3 Å². The summed E-state index contributed by atoms with van der Waals surface area (Å²) in [7, 11) is 0. The van der Waals surface area contributed by atoms with E-state index < -0.39 is 17.7 Å². The van der Waals surface area contributed by atoms with E-state index in [1.54, 1.807) is 39.0 Å². The summed E-state index contributed by atoms with van der Waals surface area (Å²) in [6.07, 6.45) is 1.55. The normalized spacial score (nSPS) is 12.7. The molecule has 0 bridgehead atoms. The lowest BCUT2D eigenvalue weighted by Crippen LogP contribution is -2.34. The van der Waals surface area contributed by atoms with Crippen LogP contribution in [0.15, 0.2) is 30.4 Å². The molecule has 0 fully saturated rings. The highest BCUT2D eigenvalue weighted by molar-refractivity contribution is 6.07. The number of nitrogens with one attached hydrogen (secondary N) is 1. The van der Waals surface area contributed by atoms with Gasteiger partial charge in [-0.25, -0.2) is 9.59 Å². The van der Waals surface area contributed by atoms with Gasteiger partial charge in [-0.05, 0) is 45.0 Å². The van der Waals surface area contributed by atoms with E-state index in [2.05, 4.69) is 5.32 Å². The SMILES string of the molecule is CC(C)(C)OC(=O)NCCOC(=O)/C=C/C(=O)c1ccc2c(c1)OCO2. The minimum Gasteiger partial charge on any atom is -0.461 e. The van der Waals surface area contributed by atoms with Gasteiger partial charge < -0.3 is 24.3 Å². The van der Waals surface area contributed by atoms with E-state index in [9.17, 15) is 14.4 Å². The van der Waals surface area contributed by atoms with Gasteiger partial charge in [-0.15, -0.1) is 0 Å². The molecule has 140 valence electrons. The maximum Gasteiger partial charge on any atom is 0.407 e. The number of hydrogen-bond acceptors (Lipinski definition) is 7. The Labute approximate surface area is 151 Å². The van der Waals surface area contributed by atoms with Crippen LogP contribution in [0.5, 0.6) is 11.5 Å². The van der Waals surface area contributed by atoms with E-state index in [0.717, 1.165) is 12.2 Å². The van der Waals surface area contributed by atoms with Gasteiger partial charge in [-0.1, -0.05) is 0 Å². The van der Waals surface area contributed by atoms with E-state index in [1.807, 2.05) is 0 Å². The highest BCUT2D eigenvalue weighted by atomic mass is 16.7. The summed E-state index contributed by atoms with van der Waals surface area (Å²) in [4.78, 5) is 35.0. The number of ketones is 1. The van der Waals surface area contributed by atoms with Gasteiger partial charge in [0.2, 0.25) is 6.79 Å². The van der Waals surface area contributed by atoms with Gasteiger partial charge in [0, 0.05) is 11.6 Å². The molecule has 0 aliphatic carbocycles. The Kier molecular flexibility index (Phi) is 6.21. The number of amides is 1. The van der Waals surface area contributed by atoms with Gasteiger partial charge in [0.1, 0.15) is 12.2 Å². The van der Waals surface area contributed by atoms with Crippen molar-refractivity contribution in [1.29, 1.82) is 0 Å². The maximum absolute atomic E-state index is 12.0. The minimum atomic E-state index is -0.690. The molecule has 1 N–H and O–H groups in total. The number of fused-ring (bicyclic) bond motifs is 1. The van der Waals surface area contributed by atoms with Crippen LogP contribution in [0.4, 0.5) is 4.79 Å². The molecule has 1 aliphatic heterocycles. The molecule has 0 unspecified atom stereocenters. The molecule has 0 atom stereocenters. The smallest absolute Gasteiger partial charge is 0.407 e. The summed E-state index contributed by atoms with van der Waals surface area (Å²) < 4.78 is 20.3. The Hall–Kier alpha value is -3.03. The van der Waals surface area contributed by atoms with Crippen molar-refractivity contribution >= 4 is 17.8 Å². The summed E-state index contributed by atoms with van der Waals surface area (Å²) in [5.41, 5.74) is -0.233. The lowest BCUT2D eigenvalue weighted by atomic mass is 10.1. The zero-order valence-corrected chi connectivity index (χ0v) is 14.9. The summed E-state index contributed by atoms with van der Waals surface area (Å²) in [5, 5.41) is 2.45. The predicted octanol–water partition coefficient (Wildman–Crippen LogP) is 2.22. The molecule has 0 spiro atoms. The Bertz CT molecular complexity index is 719. The Balaban J connectivity index is 1.72. The van der Waals surface area contributed by atoms with Crippen molar-refractivity contribution in [3.8, 4) is 11.5 Å². The molecule has 1 aromatic carbocycles. The third kappa shape index (κ3) is 6.12. The molecule has 1 heterocycles. The molecular weight excluding hydrogens is 342 g/mol. The largest absolute Gasteiger partial charge is 0.461 e. The van der Waals surface area contributed by atoms with Crippen LogP contribution in [0, 0.1) is 0 Å². The van der Waals surface area contributed by atoms with Gasteiger partial charge in [0.25, 0.3) is 0 Å². The lowest BCUT2D eigenvalue weighted by Gasteiger charge is -2.19. The van der Waals surface area contributed by atoms with Crippen molar-refractivity contribution in [2.45, 2.75) is 26.4 Å². The number of rotatable bonds is 6. The third-order valence-corrected chi connectivity index (χ3v) is 3.04. The van der Waals surface area contributed by atoms with E-state index in [1.165, 1.54) is 0 Å². The average molecular weight is 363 g/mol. The molecule has 0 aromatic heterocycles. The molecule has 0 saturated carbocycles. The van der Waals surface area contributed by atoms with Crippen molar-refractivity contribution in [3.05, 3.63) is 35.9 Å². The van der Waals surface area contributed by atoms with E-state index in [4.69, 9.17) is 18.9 Å². The topological polar surface area (TPSA) is 100 Å². The van der Waals surface area contributed by atoms with Gasteiger partial charge in [0.05, 0.1) is 6.54 Å². The van der Waals surface area contributed by atoms with Crippen molar-refractivity contribution in [3.63, 3.8) is 0 Å². The summed E-state index contributed by atoms with van der Waals surface area (Å²) >= 11 is 0. The Morgan fingerprint density at radius 3 is 2.62 bits per heavy atom. The van der Waals surface area contributed by atoms with Crippen LogP contribution in [0.2, 0.25) is 0 Å². The first-order valence-electron chi connectivity index (χ1n) is 8.00. The fourth-order valence-electron chi connectivity index (χ4n) is 1.96. The molecule has 0 radical (unpaired) electrons. The second kappa shape index (κ2) is 8.37. The first kappa shape index (κ1) is 19.3. The molecule has 1 aliphatic rings. The molecule has 26 heavy (non-hydrogen) atoms. The van der Waals surface area contributed by atoms with Crippen LogP contribution in [0.25, 0.3) is 0 Å². The number of carbonyl (C=O) groups is 3. The number of esters is 1. The molecule has 1 aromatic rings. The van der Waals surface area contributed by atoms with Crippen molar-refractivity contribution in [2.75, 3.05) is 19.9 Å². The fourth-order valence-corrected chi connectivity index (χ4v) is 1.96. The van der Waals surface area contributed by atoms with Gasteiger partial charge in [-0.2, -0.15) is 0 Å². The second-order valence-corrected chi connectivity index (χ2v) is 6.36. The highest BCUT2D eigenvalue weighted by Crippen LogP contribution is 2.32. The summed E-state index contributed by atoms with van der Waals surface area (Å²) in [6, 6.07) is 4.76. The monoisotopic (exact) mass is 363 g/mol. The number of ether oxygens (including phenoxy) is 4. The molecule has 8 heteroatoms. The molecule has 0 saturated heterocycles. The molecule has 1 amide bonds. The molecule has 2 rings (SSSR count). The van der Waals surface area contributed by atoms with Crippen LogP contribution in [0.3, 0.4) is 0 Å². The fraction of sp³-hybridized carbons (Fsp3) is 0.389. The maximum atomic E-state index is 12.0. The lowest BCUT2D eigenvalue weighted by molar-refractivity contribution is -0.137. The van der Waals surface area contributed by atoms with Crippen molar-refractivity contribution in [1.82, 2.24) is 5.32 Å². The number of hydrogen-bond donors (Lipinski definition) is 1. The van der Waals surface area contributed by atoms with E-state index in [0.29, 0.717) is 17.1 Å². The van der Waals surface area contributed by atoms with Crippen molar-refractivity contribution in [2.24, 2.45) is 0 Å². The van der Waals surface area contributed by atoms with Gasteiger partial charge in [-0.3, -0.25) is 4.79 Å². The molecular formula is C18H21NO7. The minimum absolute atomic E-state index is 0.0410. The summed E-state index contributed by atoms with van der Waals surface area (Å²) in [6.45, 7) is 5.41. The van der Waals surface area contributed by atoms with Crippen LogP contribution in [-0.4, -0.2) is 43.4 Å². The number of alkyl carbamates (subject to hydrolysis) is 1. The Morgan fingerprint density at radius 1 is 1.15 bits per heavy atom. The van der Waals surface area contributed by atoms with Gasteiger partial charge in [0.15, 0.2) is 17.3 Å². The first-order chi connectivity index (χ1) is 12.2. The van der Waals surface area contributed by atoms with Crippen molar-refractivity contribution < 1.29 is 33.3 Å². The summed E-state index contributed by atoms with van der Waals surface area (Å²) in [5.74, 6) is -0.000294. The van der Waals surface area contributed by atoms with E-state index >= 15 is 0 Å². The predicted molar refractivity (Wildman–Crippen MR) is 91.2 cm³/mol. The number of allylic oxidation sites excluding steroid dienone is 1. The Morgan fingerprint density at radius 2 is 1.88 bits per heavy atom. The molecule has 8 nitrogen and oxygen atoms in total. The van der Waals surface area contributed by atoms with E-state index in [-0.39, 0.29) is 25.7 Å².